The molecule has 0 unspecified atom stereocenters. The van der Waals surface area contributed by atoms with E-state index in [0.717, 1.165) is 11.1 Å². The van der Waals surface area contributed by atoms with E-state index in [1.54, 1.807) is 18.3 Å². The second kappa shape index (κ2) is 6.16. The lowest BCUT2D eigenvalue weighted by molar-refractivity contribution is 0.0697. The van der Waals surface area contributed by atoms with Crippen LogP contribution < -0.4 is 10.1 Å². The van der Waals surface area contributed by atoms with Gasteiger partial charge in [0, 0.05) is 18.3 Å². The molecule has 0 fully saturated rings. The third-order valence-corrected chi connectivity index (χ3v) is 2.85. The van der Waals surface area contributed by atoms with Gasteiger partial charge in [0.25, 0.3) is 0 Å². The van der Waals surface area contributed by atoms with Crippen molar-refractivity contribution in [3.05, 3.63) is 53.2 Å². The number of rotatable bonds is 5. The topological polar surface area (TPSA) is 71.5 Å². The van der Waals surface area contributed by atoms with E-state index in [1.807, 2.05) is 26.1 Å². The molecule has 20 heavy (non-hydrogen) atoms. The maximum absolute atomic E-state index is 10.9. The molecule has 0 radical (unpaired) electrons. The first kappa shape index (κ1) is 14.0. The first-order chi connectivity index (χ1) is 9.61. The molecule has 5 heteroatoms. The van der Waals surface area contributed by atoms with Crippen LogP contribution in [0.1, 0.15) is 21.5 Å². The summed E-state index contributed by atoms with van der Waals surface area (Å²) < 4.78 is 5.78. The van der Waals surface area contributed by atoms with Crippen molar-refractivity contribution < 1.29 is 14.6 Å². The van der Waals surface area contributed by atoms with Crippen molar-refractivity contribution in [3.8, 4) is 11.6 Å². The molecule has 0 amide bonds. The monoisotopic (exact) mass is 272 g/mol. The highest BCUT2D eigenvalue weighted by molar-refractivity contribution is 5.88. The molecular formula is C15H16N2O3. The van der Waals surface area contributed by atoms with E-state index < -0.39 is 5.97 Å². The number of ether oxygens (including phenoxy) is 1. The molecule has 2 aromatic rings. The largest absolute Gasteiger partial charge is 0.478 e. The maximum Gasteiger partial charge on any atom is 0.335 e. The Hall–Kier alpha value is -2.40. The fourth-order valence-electron chi connectivity index (χ4n) is 1.84. The summed E-state index contributed by atoms with van der Waals surface area (Å²) in [5.41, 5.74) is 1.94. The number of hydrogen-bond donors (Lipinski definition) is 2. The summed E-state index contributed by atoms with van der Waals surface area (Å²) in [5.74, 6) is 0.174. The summed E-state index contributed by atoms with van der Waals surface area (Å²) in [5, 5.41) is 12.0. The molecule has 0 aliphatic heterocycles. The average Bonchev–Trinajstić information content (AvgIpc) is 2.43. The smallest absolute Gasteiger partial charge is 0.335 e. The molecule has 1 heterocycles. The van der Waals surface area contributed by atoms with E-state index in [0.29, 0.717) is 18.2 Å². The molecular weight excluding hydrogens is 256 g/mol. The fraction of sp³-hybridized carbons (Fsp3) is 0.200. The van der Waals surface area contributed by atoms with Gasteiger partial charge in [-0.1, -0.05) is 6.07 Å². The van der Waals surface area contributed by atoms with Crippen LogP contribution in [0, 0.1) is 6.92 Å². The molecule has 0 bridgehead atoms. The molecule has 0 saturated heterocycles. The zero-order valence-corrected chi connectivity index (χ0v) is 11.4. The Morgan fingerprint density at radius 1 is 1.40 bits per heavy atom. The first-order valence-corrected chi connectivity index (χ1v) is 6.22. The first-order valence-electron chi connectivity index (χ1n) is 6.22. The van der Waals surface area contributed by atoms with Crippen LogP contribution in [0.25, 0.3) is 0 Å². The van der Waals surface area contributed by atoms with Crippen LogP contribution in [0.4, 0.5) is 0 Å². The van der Waals surface area contributed by atoms with Crippen molar-refractivity contribution in [2.45, 2.75) is 13.5 Å². The molecule has 0 aliphatic carbocycles. The van der Waals surface area contributed by atoms with E-state index in [-0.39, 0.29) is 5.56 Å². The highest BCUT2D eigenvalue weighted by atomic mass is 16.5. The van der Waals surface area contributed by atoms with Gasteiger partial charge in [-0.2, -0.15) is 0 Å². The predicted molar refractivity (Wildman–Crippen MR) is 75.2 cm³/mol. The Morgan fingerprint density at radius 3 is 2.85 bits per heavy atom. The zero-order chi connectivity index (χ0) is 14.5. The molecule has 1 aromatic heterocycles. The van der Waals surface area contributed by atoms with E-state index in [1.165, 1.54) is 6.07 Å². The summed E-state index contributed by atoms with van der Waals surface area (Å²) in [6.07, 6.45) is 1.66. The van der Waals surface area contributed by atoms with Crippen LogP contribution in [0.2, 0.25) is 0 Å². The Bertz CT molecular complexity index is 626. The molecule has 0 spiro atoms. The highest BCUT2D eigenvalue weighted by Gasteiger charge is 2.10. The lowest BCUT2D eigenvalue weighted by Gasteiger charge is -2.11. The van der Waals surface area contributed by atoms with E-state index in [2.05, 4.69) is 10.3 Å². The Labute approximate surface area is 117 Å². The molecule has 2 N–H and O–H groups in total. The van der Waals surface area contributed by atoms with Gasteiger partial charge in [0.1, 0.15) is 5.75 Å². The number of aryl methyl sites for hydroxylation is 1. The van der Waals surface area contributed by atoms with Crippen LogP contribution in [0.5, 0.6) is 11.6 Å². The van der Waals surface area contributed by atoms with Crippen LogP contribution in [-0.2, 0) is 6.54 Å². The average molecular weight is 272 g/mol. The maximum atomic E-state index is 10.9. The van der Waals surface area contributed by atoms with E-state index in [4.69, 9.17) is 9.84 Å². The van der Waals surface area contributed by atoms with Crippen molar-refractivity contribution in [1.29, 1.82) is 0 Å². The molecule has 0 saturated carbocycles. The number of hydrogen-bond acceptors (Lipinski definition) is 4. The van der Waals surface area contributed by atoms with E-state index >= 15 is 0 Å². The van der Waals surface area contributed by atoms with E-state index in [9.17, 15) is 4.79 Å². The lowest BCUT2D eigenvalue weighted by atomic mass is 10.1. The standard InChI is InChI=1S/C15H16N2O3/c1-10-8-11(15(18)19)5-6-13(10)20-14-12(9-16-2)4-3-7-17-14/h3-8,16H,9H2,1-2H3,(H,18,19). The molecule has 5 nitrogen and oxygen atoms in total. The number of benzene rings is 1. The summed E-state index contributed by atoms with van der Waals surface area (Å²) in [7, 11) is 1.85. The minimum absolute atomic E-state index is 0.242. The van der Waals surface area contributed by atoms with Crippen molar-refractivity contribution in [2.75, 3.05) is 7.05 Å². The van der Waals surface area contributed by atoms with Gasteiger partial charge in [-0.3, -0.25) is 0 Å². The van der Waals surface area contributed by atoms with Gasteiger partial charge in [-0.05, 0) is 43.8 Å². The number of carboxylic acid groups (broad SMARTS) is 1. The van der Waals surface area contributed by atoms with Crippen LogP contribution in [0.15, 0.2) is 36.5 Å². The van der Waals surface area contributed by atoms with Gasteiger partial charge in [0.15, 0.2) is 0 Å². The molecule has 2 rings (SSSR count). The Morgan fingerprint density at radius 2 is 2.20 bits per heavy atom. The molecule has 0 aliphatic rings. The minimum Gasteiger partial charge on any atom is -0.478 e. The summed E-state index contributed by atoms with van der Waals surface area (Å²) in [6.45, 7) is 2.46. The number of nitrogens with one attached hydrogen (secondary N) is 1. The Balaban J connectivity index is 2.28. The van der Waals surface area contributed by atoms with Gasteiger partial charge in [0.2, 0.25) is 5.88 Å². The number of aromatic nitrogens is 1. The van der Waals surface area contributed by atoms with Crippen molar-refractivity contribution >= 4 is 5.97 Å². The quantitative estimate of drug-likeness (QED) is 0.875. The zero-order valence-electron chi connectivity index (χ0n) is 11.4. The lowest BCUT2D eigenvalue weighted by Crippen LogP contribution is -2.07. The van der Waals surface area contributed by atoms with Crippen LogP contribution >= 0.6 is 0 Å². The third kappa shape index (κ3) is 3.13. The third-order valence-electron chi connectivity index (χ3n) is 2.85. The van der Waals surface area contributed by atoms with Crippen molar-refractivity contribution in [3.63, 3.8) is 0 Å². The Kier molecular flexibility index (Phi) is 4.32. The molecule has 1 aromatic carbocycles. The highest BCUT2D eigenvalue weighted by Crippen LogP contribution is 2.26. The second-order valence-electron chi connectivity index (χ2n) is 4.39. The van der Waals surface area contributed by atoms with Crippen LogP contribution in [0.3, 0.4) is 0 Å². The number of aromatic carboxylic acids is 1. The van der Waals surface area contributed by atoms with Crippen molar-refractivity contribution in [2.24, 2.45) is 0 Å². The minimum atomic E-state index is -0.951. The van der Waals surface area contributed by atoms with Crippen LogP contribution in [-0.4, -0.2) is 23.1 Å². The SMILES string of the molecule is CNCc1cccnc1Oc1ccc(C(=O)O)cc1C. The number of carboxylic acids is 1. The summed E-state index contributed by atoms with van der Waals surface area (Å²) in [4.78, 5) is 15.1. The van der Waals surface area contributed by atoms with Gasteiger partial charge >= 0.3 is 5.97 Å². The number of nitrogens with zero attached hydrogens (tertiary/aromatic N) is 1. The second-order valence-corrected chi connectivity index (χ2v) is 4.39. The normalized spacial score (nSPS) is 10.3. The fourth-order valence-corrected chi connectivity index (χ4v) is 1.84. The van der Waals surface area contributed by atoms with Gasteiger partial charge in [-0.25, -0.2) is 9.78 Å². The number of carbonyl (C=O) groups is 1. The number of pyridine rings is 1. The summed E-state index contributed by atoms with van der Waals surface area (Å²) in [6, 6.07) is 8.53. The van der Waals surface area contributed by atoms with Gasteiger partial charge in [-0.15, -0.1) is 0 Å². The molecule has 104 valence electrons. The summed E-state index contributed by atoms with van der Waals surface area (Å²) >= 11 is 0. The van der Waals surface area contributed by atoms with Gasteiger partial charge < -0.3 is 15.2 Å². The van der Waals surface area contributed by atoms with Crippen molar-refractivity contribution in [1.82, 2.24) is 10.3 Å². The molecule has 0 atom stereocenters. The van der Waals surface area contributed by atoms with Gasteiger partial charge in [0.05, 0.1) is 5.56 Å². The predicted octanol–water partition coefficient (Wildman–Crippen LogP) is 2.60.